The maximum Gasteiger partial charge on any atom is 0.416 e. The maximum absolute atomic E-state index is 13.3. The van der Waals surface area contributed by atoms with Gasteiger partial charge in [0.1, 0.15) is 5.75 Å². The highest BCUT2D eigenvalue weighted by atomic mass is 19.4. The number of benzene rings is 2. The first-order valence-electron chi connectivity index (χ1n) is 7.28. The Kier molecular flexibility index (Phi) is 5.61. The molecule has 2 aromatic carbocycles. The molecule has 0 saturated carbocycles. The quantitative estimate of drug-likeness (QED) is 0.740. The average Bonchev–Trinajstić information content (AvgIpc) is 2.56. The first-order valence-corrected chi connectivity index (χ1v) is 7.28. The van der Waals surface area contributed by atoms with Gasteiger partial charge in [0.05, 0.1) is 5.56 Å². The predicted molar refractivity (Wildman–Crippen MR) is 81.3 cm³/mol. The third-order valence-electron chi connectivity index (χ3n) is 3.38. The molecule has 25 heavy (non-hydrogen) atoms. The van der Waals surface area contributed by atoms with Gasteiger partial charge in [0.25, 0.3) is 5.91 Å². The van der Waals surface area contributed by atoms with Crippen molar-refractivity contribution in [3.05, 3.63) is 59.7 Å². The average molecular weight is 359 g/mol. The smallest absolute Gasteiger partial charge is 0.416 e. The Morgan fingerprint density at radius 3 is 2.20 bits per heavy atom. The second-order valence-electron chi connectivity index (χ2n) is 5.05. The van der Waals surface area contributed by atoms with Crippen molar-refractivity contribution in [3.8, 4) is 5.75 Å². The lowest BCUT2D eigenvalue weighted by Gasteiger charge is -2.21. The van der Waals surface area contributed by atoms with Gasteiger partial charge in [0, 0.05) is 18.3 Å². The minimum absolute atomic E-state index is 0.0858. The van der Waals surface area contributed by atoms with E-state index in [1.54, 1.807) is 6.92 Å². The number of hydrogen-bond acceptors (Lipinski definition) is 2. The van der Waals surface area contributed by atoms with Gasteiger partial charge in [-0.1, -0.05) is 0 Å². The van der Waals surface area contributed by atoms with E-state index in [1.165, 1.54) is 11.0 Å². The van der Waals surface area contributed by atoms with Gasteiger partial charge in [0.2, 0.25) is 0 Å². The van der Waals surface area contributed by atoms with Crippen LogP contribution in [0.3, 0.4) is 0 Å². The van der Waals surface area contributed by atoms with Crippen molar-refractivity contribution in [1.29, 1.82) is 0 Å². The Morgan fingerprint density at radius 1 is 1.04 bits per heavy atom. The van der Waals surface area contributed by atoms with Gasteiger partial charge < -0.3 is 9.64 Å². The Labute approximate surface area is 140 Å². The molecule has 3 nitrogen and oxygen atoms in total. The van der Waals surface area contributed by atoms with E-state index in [0.717, 1.165) is 36.4 Å². The molecule has 0 heterocycles. The number of alkyl halides is 3. The van der Waals surface area contributed by atoms with E-state index in [4.69, 9.17) is 4.74 Å². The number of rotatable bonds is 5. The molecule has 0 aliphatic rings. The molecule has 0 unspecified atom stereocenters. The fourth-order valence-corrected chi connectivity index (χ4v) is 2.12. The van der Waals surface area contributed by atoms with Gasteiger partial charge in [-0.25, -0.2) is 8.78 Å². The highest BCUT2D eigenvalue weighted by Crippen LogP contribution is 2.30. The SMILES string of the molecule is CCN(C(=O)COc1ccc(C(F)(F)F)cc1)c1ccc(F)c(F)c1. The van der Waals surface area contributed by atoms with Crippen molar-refractivity contribution in [2.45, 2.75) is 13.1 Å². The van der Waals surface area contributed by atoms with Crippen LogP contribution in [0.5, 0.6) is 5.75 Å². The van der Waals surface area contributed by atoms with Crippen LogP contribution in [0.4, 0.5) is 27.6 Å². The maximum atomic E-state index is 13.3. The van der Waals surface area contributed by atoms with Crippen LogP contribution < -0.4 is 9.64 Å². The summed E-state index contributed by atoms with van der Waals surface area (Å²) in [6.45, 7) is 1.36. The number of halogens is 5. The van der Waals surface area contributed by atoms with E-state index >= 15 is 0 Å². The van der Waals surface area contributed by atoms with Crippen molar-refractivity contribution in [1.82, 2.24) is 0 Å². The van der Waals surface area contributed by atoms with Gasteiger partial charge in [-0.15, -0.1) is 0 Å². The molecule has 1 amide bonds. The summed E-state index contributed by atoms with van der Waals surface area (Å²) in [6.07, 6.45) is -4.46. The fraction of sp³-hybridized carbons (Fsp3) is 0.235. The molecule has 2 rings (SSSR count). The molecule has 0 atom stereocenters. The van der Waals surface area contributed by atoms with E-state index < -0.39 is 35.9 Å². The molecular weight excluding hydrogens is 345 g/mol. The van der Waals surface area contributed by atoms with Crippen molar-refractivity contribution in [2.75, 3.05) is 18.1 Å². The van der Waals surface area contributed by atoms with Crippen LogP contribution in [-0.2, 0) is 11.0 Å². The minimum Gasteiger partial charge on any atom is -0.484 e. The van der Waals surface area contributed by atoms with Gasteiger partial charge >= 0.3 is 6.18 Å². The van der Waals surface area contributed by atoms with Crippen molar-refractivity contribution in [3.63, 3.8) is 0 Å². The topological polar surface area (TPSA) is 29.5 Å². The molecule has 0 aliphatic carbocycles. The molecule has 0 aliphatic heterocycles. The molecule has 2 aromatic rings. The second-order valence-corrected chi connectivity index (χ2v) is 5.05. The summed E-state index contributed by atoms with van der Waals surface area (Å²) in [4.78, 5) is 13.3. The van der Waals surface area contributed by atoms with Gasteiger partial charge in [-0.3, -0.25) is 4.79 Å². The monoisotopic (exact) mass is 359 g/mol. The Bertz CT molecular complexity index is 744. The largest absolute Gasteiger partial charge is 0.484 e. The Balaban J connectivity index is 2.03. The summed E-state index contributed by atoms with van der Waals surface area (Å²) in [5, 5.41) is 0. The summed E-state index contributed by atoms with van der Waals surface area (Å²) >= 11 is 0. The van der Waals surface area contributed by atoms with Crippen LogP contribution in [-0.4, -0.2) is 19.1 Å². The fourth-order valence-electron chi connectivity index (χ4n) is 2.12. The third kappa shape index (κ3) is 4.68. The lowest BCUT2D eigenvalue weighted by molar-refractivity contribution is -0.137. The lowest BCUT2D eigenvalue weighted by atomic mass is 10.2. The standard InChI is InChI=1S/C17H14F5NO2/c1-2-23(12-5-8-14(18)15(19)9-12)16(24)10-25-13-6-3-11(4-7-13)17(20,21)22/h3-9H,2,10H2,1H3. The van der Waals surface area contributed by atoms with Gasteiger partial charge in [0.15, 0.2) is 18.2 Å². The molecule has 0 aromatic heterocycles. The molecule has 134 valence electrons. The second kappa shape index (κ2) is 7.50. The van der Waals surface area contributed by atoms with E-state index in [9.17, 15) is 26.7 Å². The first-order chi connectivity index (χ1) is 11.7. The van der Waals surface area contributed by atoms with Crippen LogP contribution in [0.15, 0.2) is 42.5 Å². The van der Waals surface area contributed by atoms with E-state index in [2.05, 4.69) is 0 Å². The van der Waals surface area contributed by atoms with Crippen LogP contribution >= 0.6 is 0 Å². The summed E-state index contributed by atoms with van der Waals surface area (Å²) in [5.74, 6) is -2.59. The van der Waals surface area contributed by atoms with E-state index in [1.807, 2.05) is 0 Å². The number of amides is 1. The molecule has 0 fully saturated rings. The highest BCUT2D eigenvalue weighted by molar-refractivity contribution is 5.94. The van der Waals surface area contributed by atoms with E-state index in [0.29, 0.717) is 0 Å². The van der Waals surface area contributed by atoms with Crippen molar-refractivity contribution < 1.29 is 31.5 Å². The number of carbonyl (C=O) groups is 1. The number of likely N-dealkylation sites (N-methyl/N-ethyl adjacent to an activating group) is 1. The molecular formula is C17H14F5NO2. The minimum atomic E-state index is -4.46. The van der Waals surface area contributed by atoms with Crippen molar-refractivity contribution >= 4 is 11.6 Å². The molecule has 0 bridgehead atoms. The van der Waals surface area contributed by atoms with Crippen molar-refractivity contribution in [2.24, 2.45) is 0 Å². The van der Waals surface area contributed by atoms with Crippen LogP contribution in [0.2, 0.25) is 0 Å². The van der Waals surface area contributed by atoms with Crippen LogP contribution in [0.25, 0.3) is 0 Å². The Morgan fingerprint density at radius 2 is 1.68 bits per heavy atom. The molecule has 0 saturated heterocycles. The molecule has 0 spiro atoms. The predicted octanol–water partition coefficient (Wildman–Crippen LogP) is 4.42. The first kappa shape index (κ1) is 18.7. The zero-order valence-electron chi connectivity index (χ0n) is 13.1. The number of ether oxygens (including phenoxy) is 1. The summed E-state index contributed by atoms with van der Waals surface area (Å²) in [7, 11) is 0. The zero-order chi connectivity index (χ0) is 18.6. The molecule has 0 N–H and O–H groups in total. The molecule has 0 radical (unpaired) electrons. The van der Waals surface area contributed by atoms with E-state index in [-0.39, 0.29) is 18.0 Å². The van der Waals surface area contributed by atoms with Crippen LogP contribution in [0, 0.1) is 11.6 Å². The number of carbonyl (C=O) groups excluding carboxylic acids is 1. The number of nitrogens with zero attached hydrogens (tertiary/aromatic N) is 1. The van der Waals surface area contributed by atoms with Gasteiger partial charge in [-0.05, 0) is 43.3 Å². The van der Waals surface area contributed by atoms with Crippen LogP contribution in [0.1, 0.15) is 12.5 Å². The summed E-state index contributed by atoms with van der Waals surface area (Å²) < 4.78 is 68.9. The normalized spacial score (nSPS) is 11.3. The lowest BCUT2D eigenvalue weighted by Crippen LogP contribution is -2.34. The Hall–Kier alpha value is -2.64. The summed E-state index contributed by atoms with van der Waals surface area (Å²) in [6, 6.07) is 6.91. The number of anilines is 1. The highest BCUT2D eigenvalue weighted by Gasteiger charge is 2.30. The number of hydrogen-bond donors (Lipinski definition) is 0. The molecule has 8 heteroatoms. The zero-order valence-corrected chi connectivity index (χ0v) is 13.1. The summed E-state index contributed by atoms with van der Waals surface area (Å²) in [5.41, 5.74) is -0.675. The van der Waals surface area contributed by atoms with Gasteiger partial charge in [-0.2, -0.15) is 13.2 Å². The third-order valence-corrected chi connectivity index (χ3v) is 3.38.